The second-order valence-corrected chi connectivity index (χ2v) is 7.12. The molecule has 0 unspecified atom stereocenters. The average Bonchev–Trinajstić information content (AvgIpc) is 3.51. The van der Waals surface area contributed by atoms with Crippen molar-refractivity contribution in [1.29, 1.82) is 0 Å². The molecule has 0 saturated heterocycles. The van der Waals surface area contributed by atoms with Gasteiger partial charge in [0.05, 0.1) is 20.0 Å². The van der Waals surface area contributed by atoms with Crippen LogP contribution in [0.4, 0.5) is 5.69 Å². The van der Waals surface area contributed by atoms with Gasteiger partial charge in [0.2, 0.25) is 5.91 Å². The van der Waals surface area contributed by atoms with Crippen LogP contribution in [0.2, 0.25) is 0 Å². The maximum absolute atomic E-state index is 12.5. The smallest absolute Gasteiger partial charge is 0.227 e. The first-order valence-electron chi connectivity index (χ1n) is 8.39. The quantitative estimate of drug-likeness (QED) is 0.561. The van der Waals surface area contributed by atoms with Gasteiger partial charge in [0.1, 0.15) is 0 Å². The predicted molar refractivity (Wildman–Crippen MR) is 102 cm³/mol. The highest BCUT2D eigenvalue weighted by atomic mass is 32.2. The lowest BCUT2D eigenvalue weighted by molar-refractivity contribution is -0.117. The van der Waals surface area contributed by atoms with Crippen LogP contribution in [0.25, 0.3) is 0 Å². The van der Waals surface area contributed by atoms with Crippen LogP contribution < -0.4 is 14.8 Å². The van der Waals surface area contributed by atoms with Gasteiger partial charge in [0.15, 0.2) is 17.3 Å². The van der Waals surface area contributed by atoms with E-state index in [9.17, 15) is 9.59 Å². The molecule has 2 aromatic rings. The molecule has 1 N–H and O–H groups in total. The molecule has 5 nitrogen and oxygen atoms in total. The Kier molecular flexibility index (Phi) is 5.83. The number of hydrogen-bond donors (Lipinski definition) is 1. The molecule has 136 valence electrons. The molecule has 1 saturated carbocycles. The number of carbonyl (C=O) groups is 2. The van der Waals surface area contributed by atoms with Crippen molar-refractivity contribution in [2.45, 2.75) is 17.7 Å². The van der Waals surface area contributed by atoms with Gasteiger partial charge in [-0.1, -0.05) is 6.07 Å². The highest BCUT2D eigenvalue weighted by Gasteiger charge is 2.29. The molecule has 0 spiro atoms. The van der Waals surface area contributed by atoms with Crippen molar-refractivity contribution in [2.75, 3.05) is 25.3 Å². The van der Waals surface area contributed by atoms with Gasteiger partial charge in [0, 0.05) is 22.1 Å². The number of ketones is 1. The first kappa shape index (κ1) is 18.3. The SMILES string of the molecule is COc1ccc(C(=O)CSc2cccc(NC(=O)C3CC3)c2)cc1OC. The monoisotopic (exact) mass is 371 g/mol. The summed E-state index contributed by atoms with van der Waals surface area (Å²) in [5.41, 5.74) is 1.35. The fourth-order valence-corrected chi connectivity index (χ4v) is 3.34. The minimum Gasteiger partial charge on any atom is -0.493 e. The third kappa shape index (κ3) is 4.58. The van der Waals surface area contributed by atoms with Crippen molar-refractivity contribution in [3.05, 3.63) is 48.0 Å². The van der Waals surface area contributed by atoms with E-state index in [0.29, 0.717) is 22.8 Å². The van der Waals surface area contributed by atoms with Crippen LogP contribution in [0.15, 0.2) is 47.4 Å². The van der Waals surface area contributed by atoms with Gasteiger partial charge in [0.25, 0.3) is 0 Å². The summed E-state index contributed by atoms with van der Waals surface area (Å²) >= 11 is 1.44. The number of benzene rings is 2. The fraction of sp³-hybridized carbons (Fsp3) is 0.300. The minimum absolute atomic E-state index is 0.00312. The van der Waals surface area contributed by atoms with Crippen molar-refractivity contribution in [2.24, 2.45) is 5.92 Å². The van der Waals surface area contributed by atoms with Crippen molar-refractivity contribution < 1.29 is 19.1 Å². The van der Waals surface area contributed by atoms with Crippen molar-refractivity contribution in [1.82, 2.24) is 0 Å². The number of rotatable bonds is 8. The number of amides is 1. The first-order valence-corrected chi connectivity index (χ1v) is 9.38. The Labute approximate surface area is 157 Å². The number of ether oxygens (including phenoxy) is 2. The average molecular weight is 371 g/mol. The largest absolute Gasteiger partial charge is 0.493 e. The van der Waals surface area contributed by atoms with Crippen molar-refractivity contribution >= 4 is 29.1 Å². The fourth-order valence-electron chi connectivity index (χ4n) is 2.50. The number of anilines is 1. The molecule has 6 heteroatoms. The van der Waals surface area contributed by atoms with E-state index in [0.717, 1.165) is 23.4 Å². The molecule has 1 amide bonds. The number of methoxy groups -OCH3 is 2. The number of hydrogen-bond acceptors (Lipinski definition) is 5. The summed E-state index contributed by atoms with van der Waals surface area (Å²) in [7, 11) is 3.10. The second-order valence-electron chi connectivity index (χ2n) is 6.07. The molecule has 2 aromatic carbocycles. The first-order chi connectivity index (χ1) is 12.6. The molecule has 0 bridgehead atoms. The van der Waals surface area contributed by atoms with E-state index in [-0.39, 0.29) is 17.6 Å². The lowest BCUT2D eigenvalue weighted by Gasteiger charge is -2.09. The van der Waals surface area contributed by atoms with Gasteiger partial charge < -0.3 is 14.8 Å². The van der Waals surface area contributed by atoms with E-state index in [1.54, 1.807) is 32.4 Å². The third-order valence-corrected chi connectivity index (χ3v) is 5.12. The zero-order chi connectivity index (χ0) is 18.5. The summed E-state index contributed by atoms with van der Waals surface area (Å²) in [5.74, 6) is 1.67. The molecule has 0 radical (unpaired) electrons. The molecular formula is C20H21NO4S. The molecule has 0 heterocycles. The predicted octanol–water partition coefficient (Wildman–Crippen LogP) is 4.03. The molecule has 0 aromatic heterocycles. The Morgan fingerprint density at radius 1 is 1.08 bits per heavy atom. The minimum atomic E-state index is 0.00312. The van der Waals surface area contributed by atoms with E-state index in [1.165, 1.54) is 11.8 Å². The molecule has 0 aliphatic heterocycles. The van der Waals surface area contributed by atoms with Gasteiger partial charge >= 0.3 is 0 Å². The zero-order valence-corrected chi connectivity index (χ0v) is 15.6. The van der Waals surface area contributed by atoms with Crippen LogP contribution >= 0.6 is 11.8 Å². The molecule has 3 rings (SSSR count). The normalized spacial score (nSPS) is 13.2. The Morgan fingerprint density at radius 2 is 1.85 bits per heavy atom. The van der Waals surface area contributed by atoms with Gasteiger partial charge in [-0.05, 0) is 49.2 Å². The Hall–Kier alpha value is -2.47. The zero-order valence-electron chi connectivity index (χ0n) is 14.8. The van der Waals surface area contributed by atoms with E-state index in [1.807, 2.05) is 24.3 Å². The summed E-state index contributed by atoms with van der Waals surface area (Å²) in [4.78, 5) is 25.3. The lowest BCUT2D eigenvalue weighted by atomic mass is 10.1. The van der Waals surface area contributed by atoms with Gasteiger partial charge in [-0.25, -0.2) is 0 Å². The highest BCUT2D eigenvalue weighted by molar-refractivity contribution is 8.00. The maximum atomic E-state index is 12.5. The van der Waals surface area contributed by atoms with E-state index in [2.05, 4.69) is 5.32 Å². The number of nitrogens with one attached hydrogen (secondary N) is 1. The molecular weight excluding hydrogens is 350 g/mol. The van der Waals surface area contributed by atoms with Gasteiger partial charge in [-0.3, -0.25) is 9.59 Å². The second kappa shape index (κ2) is 8.27. The van der Waals surface area contributed by atoms with Gasteiger partial charge in [-0.15, -0.1) is 11.8 Å². The summed E-state index contributed by atoms with van der Waals surface area (Å²) in [6.07, 6.45) is 1.94. The maximum Gasteiger partial charge on any atom is 0.227 e. The summed E-state index contributed by atoms with van der Waals surface area (Å²) in [6.45, 7) is 0. The topological polar surface area (TPSA) is 64.6 Å². The molecule has 1 aliphatic rings. The third-order valence-electron chi connectivity index (χ3n) is 4.13. The Balaban J connectivity index is 1.61. The number of thioether (sulfide) groups is 1. The van der Waals surface area contributed by atoms with E-state index >= 15 is 0 Å². The lowest BCUT2D eigenvalue weighted by Crippen LogP contribution is -2.13. The van der Waals surface area contributed by atoms with Crippen LogP contribution in [0.3, 0.4) is 0 Å². The van der Waals surface area contributed by atoms with Crippen LogP contribution in [0.5, 0.6) is 11.5 Å². The van der Waals surface area contributed by atoms with E-state index in [4.69, 9.17) is 9.47 Å². The molecule has 0 atom stereocenters. The van der Waals surface area contributed by atoms with Crippen LogP contribution in [-0.2, 0) is 4.79 Å². The summed E-state index contributed by atoms with van der Waals surface area (Å²) < 4.78 is 10.4. The molecule has 1 aliphatic carbocycles. The van der Waals surface area contributed by atoms with Crippen molar-refractivity contribution in [3.63, 3.8) is 0 Å². The molecule has 26 heavy (non-hydrogen) atoms. The number of carbonyl (C=O) groups excluding carboxylic acids is 2. The Morgan fingerprint density at radius 3 is 2.54 bits per heavy atom. The van der Waals surface area contributed by atoms with Crippen LogP contribution in [0, 0.1) is 5.92 Å². The summed E-state index contributed by atoms with van der Waals surface area (Å²) in [5, 5.41) is 2.92. The standard InChI is InChI=1S/C20H21NO4S/c1-24-18-9-8-14(10-19(18)25-2)17(22)12-26-16-5-3-4-15(11-16)21-20(23)13-6-7-13/h3-5,8-11,13H,6-7,12H2,1-2H3,(H,21,23). The van der Waals surface area contributed by atoms with Crippen LogP contribution in [0.1, 0.15) is 23.2 Å². The number of Topliss-reactive ketones (excluding diaryl/α,β-unsaturated/α-hetero) is 1. The highest BCUT2D eigenvalue weighted by Crippen LogP contribution is 2.31. The summed E-state index contributed by atoms with van der Waals surface area (Å²) in [6, 6.07) is 12.7. The van der Waals surface area contributed by atoms with E-state index < -0.39 is 0 Å². The molecule has 1 fully saturated rings. The van der Waals surface area contributed by atoms with Crippen LogP contribution in [-0.4, -0.2) is 31.7 Å². The van der Waals surface area contributed by atoms with Gasteiger partial charge in [-0.2, -0.15) is 0 Å². The van der Waals surface area contributed by atoms with Crippen molar-refractivity contribution in [3.8, 4) is 11.5 Å². The Bertz CT molecular complexity index is 817.